The fourth-order valence-corrected chi connectivity index (χ4v) is 2.93. The van der Waals surface area contributed by atoms with Crippen LogP contribution in [-0.4, -0.2) is 43.2 Å². The second-order valence-corrected chi connectivity index (χ2v) is 7.59. The molecule has 0 fully saturated rings. The Bertz CT molecular complexity index is 883. The smallest absolute Gasteiger partial charge is 0.239 e. The lowest BCUT2D eigenvalue weighted by Gasteiger charge is -2.20. The molecular weight excluding hydrogens is 368 g/mol. The molecule has 1 heterocycles. The van der Waals surface area contributed by atoms with Gasteiger partial charge in [-0.15, -0.1) is 0 Å². The van der Waals surface area contributed by atoms with Crippen molar-refractivity contribution in [1.82, 2.24) is 15.2 Å². The van der Waals surface area contributed by atoms with Crippen LogP contribution in [0.4, 0.5) is 0 Å². The molecule has 0 unspecified atom stereocenters. The van der Waals surface area contributed by atoms with Crippen molar-refractivity contribution >= 4 is 21.8 Å². The monoisotopic (exact) mass is 390 g/mol. The van der Waals surface area contributed by atoms with E-state index < -0.39 is 10.0 Å². The number of rotatable bonds is 8. The minimum atomic E-state index is -3.71. The Morgan fingerprint density at radius 3 is 2.41 bits per heavy atom. The zero-order chi connectivity index (χ0) is 19.9. The Morgan fingerprint density at radius 1 is 1.15 bits per heavy atom. The lowest BCUT2D eigenvalue weighted by atomic mass is 10.1. The van der Waals surface area contributed by atoms with Gasteiger partial charge in [0, 0.05) is 32.4 Å². The van der Waals surface area contributed by atoms with E-state index >= 15 is 0 Å². The van der Waals surface area contributed by atoms with Gasteiger partial charge in [-0.3, -0.25) is 14.6 Å². The molecule has 2 rings (SSSR count). The summed E-state index contributed by atoms with van der Waals surface area (Å²) in [5, 5.41) is 7.81. The first-order valence-corrected chi connectivity index (χ1v) is 9.83. The Kier molecular flexibility index (Phi) is 7.03. The molecule has 1 aromatic heterocycles. The number of amides is 2. The highest BCUT2D eigenvalue weighted by atomic mass is 32.2. The van der Waals surface area contributed by atoms with Crippen molar-refractivity contribution in [3.05, 3.63) is 59.9 Å². The third kappa shape index (κ3) is 6.80. The van der Waals surface area contributed by atoms with Crippen LogP contribution in [0.3, 0.4) is 0 Å². The van der Waals surface area contributed by atoms with Gasteiger partial charge in [-0.2, -0.15) is 0 Å². The molecule has 144 valence electrons. The summed E-state index contributed by atoms with van der Waals surface area (Å²) in [5.74, 6) is -0.470. The first kappa shape index (κ1) is 20.5. The third-order valence-electron chi connectivity index (χ3n) is 3.86. The predicted molar refractivity (Wildman–Crippen MR) is 99.9 cm³/mol. The van der Waals surface area contributed by atoms with E-state index in [0.29, 0.717) is 19.5 Å². The Hall–Kier alpha value is -2.78. The van der Waals surface area contributed by atoms with E-state index in [0.717, 1.165) is 11.1 Å². The molecule has 8 nitrogen and oxygen atoms in total. The lowest BCUT2D eigenvalue weighted by Crippen LogP contribution is -2.39. The molecule has 27 heavy (non-hydrogen) atoms. The highest BCUT2D eigenvalue weighted by Gasteiger charge is 2.14. The lowest BCUT2D eigenvalue weighted by molar-refractivity contribution is -0.134. The third-order valence-corrected chi connectivity index (χ3v) is 4.79. The van der Waals surface area contributed by atoms with Gasteiger partial charge >= 0.3 is 0 Å². The summed E-state index contributed by atoms with van der Waals surface area (Å²) in [6.07, 6.45) is 3.82. The van der Waals surface area contributed by atoms with Crippen molar-refractivity contribution in [3.63, 3.8) is 0 Å². The molecule has 0 atom stereocenters. The van der Waals surface area contributed by atoms with Gasteiger partial charge in [-0.05, 0) is 35.7 Å². The van der Waals surface area contributed by atoms with E-state index in [1.54, 1.807) is 30.6 Å². The Morgan fingerprint density at radius 2 is 1.85 bits per heavy atom. The number of nitrogens with two attached hydrogens (primary N) is 1. The minimum absolute atomic E-state index is 0.0442. The predicted octanol–water partition coefficient (Wildman–Crippen LogP) is 0.436. The van der Waals surface area contributed by atoms with Crippen molar-refractivity contribution in [2.45, 2.75) is 24.8 Å². The molecule has 0 aliphatic rings. The van der Waals surface area contributed by atoms with E-state index in [9.17, 15) is 18.0 Å². The molecule has 0 aliphatic heterocycles. The molecule has 9 heteroatoms. The number of primary sulfonamides is 1. The first-order valence-electron chi connectivity index (χ1n) is 8.28. The van der Waals surface area contributed by atoms with Gasteiger partial charge < -0.3 is 10.2 Å². The number of nitrogens with one attached hydrogen (secondary N) is 1. The van der Waals surface area contributed by atoms with Gasteiger partial charge in [0.25, 0.3) is 0 Å². The van der Waals surface area contributed by atoms with E-state index in [4.69, 9.17) is 5.14 Å². The van der Waals surface area contributed by atoms with Crippen molar-refractivity contribution in [2.75, 3.05) is 13.1 Å². The summed E-state index contributed by atoms with van der Waals surface area (Å²) < 4.78 is 22.4. The molecule has 0 radical (unpaired) electrons. The fraction of sp³-hybridized carbons (Fsp3) is 0.278. The van der Waals surface area contributed by atoms with Gasteiger partial charge in [0.1, 0.15) is 0 Å². The second kappa shape index (κ2) is 9.24. The van der Waals surface area contributed by atoms with Crippen molar-refractivity contribution in [2.24, 2.45) is 5.14 Å². The topological polar surface area (TPSA) is 122 Å². The maximum atomic E-state index is 12.1. The summed E-state index contributed by atoms with van der Waals surface area (Å²) in [4.78, 5) is 29.3. The summed E-state index contributed by atoms with van der Waals surface area (Å²) in [5.41, 5.74) is 1.71. The summed E-state index contributed by atoms with van der Waals surface area (Å²) in [6.45, 7) is 2.04. The molecule has 1 aromatic carbocycles. The van der Waals surface area contributed by atoms with Crippen LogP contribution in [0.2, 0.25) is 0 Å². The summed E-state index contributed by atoms with van der Waals surface area (Å²) in [7, 11) is -3.71. The quantitative estimate of drug-likeness (QED) is 0.677. The van der Waals surface area contributed by atoms with Crippen molar-refractivity contribution in [3.8, 4) is 0 Å². The number of pyridine rings is 1. The van der Waals surface area contributed by atoms with Gasteiger partial charge in [-0.1, -0.05) is 18.2 Å². The van der Waals surface area contributed by atoms with E-state index in [1.807, 2.05) is 6.07 Å². The fourth-order valence-electron chi connectivity index (χ4n) is 2.41. The molecule has 2 aromatic rings. The van der Waals surface area contributed by atoms with Crippen LogP contribution in [0.5, 0.6) is 0 Å². The van der Waals surface area contributed by atoms with Gasteiger partial charge in [-0.25, -0.2) is 13.6 Å². The van der Waals surface area contributed by atoms with Crippen LogP contribution in [0.1, 0.15) is 18.1 Å². The number of hydrogen-bond donors (Lipinski definition) is 2. The van der Waals surface area contributed by atoms with Crippen LogP contribution in [0.25, 0.3) is 0 Å². The summed E-state index contributed by atoms with van der Waals surface area (Å²) >= 11 is 0. The number of sulfonamides is 1. The molecule has 0 bridgehead atoms. The van der Waals surface area contributed by atoms with Gasteiger partial charge in [0.05, 0.1) is 11.4 Å². The zero-order valence-corrected chi connectivity index (χ0v) is 15.8. The van der Waals surface area contributed by atoms with E-state index in [1.165, 1.54) is 24.0 Å². The zero-order valence-electron chi connectivity index (χ0n) is 15.0. The largest absolute Gasteiger partial charge is 0.354 e. The van der Waals surface area contributed by atoms with Crippen LogP contribution in [0, 0.1) is 0 Å². The maximum absolute atomic E-state index is 12.1. The molecule has 0 spiro atoms. The Labute approximate surface area is 158 Å². The van der Waals surface area contributed by atoms with Crippen LogP contribution in [0.15, 0.2) is 53.7 Å². The van der Waals surface area contributed by atoms with Crippen molar-refractivity contribution < 1.29 is 18.0 Å². The number of benzene rings is 1. The summed E-state index contributed by atoms with van der Waals surface area (Å²) in [6, 6.07) is 9.77. The number of carbonyl (C=O) groups is 2. The molecule has 0 saturated heterocycles. The van der Waals surface area contributed by atoms with Crippen LogP contribution < -0.4 is 10.5 Å². The number of hydrogen-bond acceptors (Lipinski definition) is 5. The molecule has 2 amide bonds. The number of nitrogens with zero attached hydrogens (tertiary/aromatic N) is 2. The Balaban J connectivity index is 1.83. The minimum Gasteiger partial charge on any atom is -0.354 e. The SMILES string of the molecule is CC(=O)N(CC(=O)NCCc1ccc(S(N)(=O)=O)cc1)Cc1cccnc1. The molecule has 0 aliphatic carbocycles. The molecule has 0 saturated carbocycles. The standard InChI is InChI=1S/C18H22N4O4S/c1-14(23)22(12-16-3-2-9-20-11-16)13-18(24)21-10-8-15-4-6-17(7-5-15)27(19,25)26/h2-7,9,11H,8,10,12-13H2,1H3,(H,21,24)(H2,19,25,26). The van der Waals surface area contributed by atoms with Gasteiger partial charge in [0.2, 0.25) is 21.8 Å². The maximum Gasteiger partial charge on any atom is 0.239 e. The highest BCUT2D eigenvalue weighted by molar-refractivity contribution is 7.89. The molecule has 3 N–H and O–H groups in total. The van der Waals surface area contributed by atoms with E-state index in [2.05, 4.69) is 10.3 Å². The highest BCUT2D eigenvalue weighted by Crippen LogP contribution is 2.09. The number of carbonyl (C=O) groups excluding carboxylic acids is 2. The first-order chi connectivity index (χ1) is 12.8. The van der Waals surface area contributed by atoms with E-state index in [-0.39, 0.29) is 23.3 Å². The van der Waals surface area contributed by atoms with Crippen LogP contribution >= 0.6 is 0 Å². The van der Waals surface area contributed by atoms with Crippen LogP contribution in [-0.2, 0) is 32.6 Å². The second-order valence-electron chi connectivity index (χ2n) is 6.03. The molecular formula is C18H22N4O4S. The normalized spacial score (nSPS) is 11.0. The average molecular weight is 390 g/mol. The average Bonchev–Trinajstić information content (AvgIpc) is 2.61. The van der Waals surface area contributed by atoms with Crippen molar-refractivity contribution in [1.29, 1.82) is 0 Å². The van der Waals surface area contributed by atoms with Gasteiger partial charge in [0.15, 0.2) is 0 Å². The number of aromatic nitrogens is 1.